The molecule has 1 N–H and O–H groups in total. The zero-order valence-electron chi connectivity index (χ0n) is 11.1. The minimum absolute atomic E-state index is 0.240. The Labute approximate surface area is 112 Å². The van der Waals surface area contributed by atoms with Crippen molar-refractivity contribution in [3.8, 4) is 11.1 Å². The predicted octanol–water partition coefficient (Wildman–Crippen LogP) is 4.05. The number of halogens is 2. The van der Waals surface area contributed by atoms with E-state index in [1.807, 2.05) is 13.0 Å². The molecule has 0 bridgehead atoms. The molecule has 0 heterocycles. The van der Waals surface area contributed by atoms with Gasteiger partial charge in [0.15, 0.2) is 0 Å². The third-order valence-corrected chi connectivity index (χ3v) is 3.19. The topological polar surface area (TPSA) is 12.0 Å². The van der Waals surface area contributed by atoms with Crippen LogP contribution in [0.25, 0.3) is 11.1 Å². The average molecular weight is 261 g/mol. The lowest BCUT2D eigenvalue weighted by Crippen LogP contribution is -2.13. The van der Waals surface area contributed by atoms with Gasteiger partial charge in [0.25, 0.3) is 0 Å². The molecule has 0 aliphatic carbocycles. The van der Waals surface area contributed by atoms with Crippen molar-refractivity contribution in [3.05, 3.63) is 59.2 Å². The summed E-state index contributed by atoms with van der Waals surface area (Å²) >= 11 is 0. The molecule has 0 unspecified atom stereocenters. The summed E-state index contributed by atoms with van der Waals surface area (Å²) in [5.74, 6) is -0.512. The molecule has 0 aliphatic rings. The van der Waals surface area contributed by atoms with E-state index >= 15 is 0 Å². The van der Waals surface area contributed by atoms with Gasteiger partial charge in [0.2, 0.25) is 0 Å². The van der Waals surface area contributed by atoms with E-state index < -0.39 is 0 Å². The van der Waals surface area contributed by atoms with Gasteiger partial charge in [-0.05, 0) is 53.9 Å². The van der Waals surface area contributed by atoms with Gasteiger partial charge in [-0.25, -0.2) is 8.78 Å². The van der Waals surface area contributed by atoms with Crippen molar-refractivity contribution in [3.63, 3.8) is 0 Å². The van der Waals surface area contributed by atoms with Crippen LogP contribution >= 0.6 is 0 Å². The second-order valence-corrected chi connectivity index (χ2v) is 4.49. The molecule has 2 aromatic rings. The van der Waals surface area contributed by atoms with Crippen LogP contribution in [0, 0.1) is 18.6 Å². The second kappa shape index (κ2) is 5.93. The Hall–Kier alpha value is -1.74. The average Bonchev–Trinajstić information content (AvgIpc) is 2.40. The Morgan fingerprint density at radius 3 is 2.58 bits per heavy atom. The van der Waals surface area contributed by atoms with E-state index in [1.165, 1.54) is 18.2 Å². The van der Waals surface area contributed by atoms with E-state index in [0.29, 0.717) is 12.1 Å². The molecule has 0 aliphatic heterocycles. The standard InChI is InChI=1S/C16H17F2N/c1-3-19-10-12-9-13(17)7-8-15(12)14-5-4-6-16(18)11(14)2/h4-9,19H,3,10H2,1-2H3. The molecular weight excluding hydrogens is 244 g/mol. The largest absolute Gasteiger partial charge is 0.313 e. The first-order valence-electron chi connectivity index (χ1n) is 6.38. The molecule has 100 valence electrons. The van der Waals surface area contributed by atoms with Crippen molar-refractivity contribution in [2.45, 2.75) is 20.4 Å². The fourth-order valence-electron chi connectivity index (χ4n) is 2.13. The van der Waals surface area contributed by atoms with E-state index in [2.05, 4.69) is 5.32 Å². The molecule has 0 fully saturated rings. The quantitative estimate of drug-likeness (QED) is 0.875. The molecule has 0 amide bonds. The van der Waals surface area contributed by atoms with Crippen molar-refractivity contribution in [2.24, 2.45) is 0 Å². The lowest BCUT2D eigenvalue weighted by molar-refractivity contribution is 0.618. The van der Waals surface area contributed by atoms with Gasteiger partial charge in [-0.1, -0.05) is 25.1 Å². The number of hydrogen-bond donors (Lipinski definition) is 1. The van der Waals surface area contributed by atoms with Crippen LogP contribution in [0.2, 0.25) is 0 Å². The van der Waals surface area contributed by atoms with Crippen LogP contribution in [0.4, 0.5) is 8.78 Å². The number of nitrogens with one attached hydrogen (secondary N) is 1. The van der Waals surface area contributed by atoms with Crippen LogP contribution in [-0.4, -0.2) is 6.54 Å². The molecule has 0 radical (unpaired) electrons. The molecule has 2 rings (SSSR count). The van der Waals surface area contributed by atoms with Crippen molar-refractivity contribution < 1.29 is 8.78 Å². The van der Waals surface area contributed by atoms with Gasteiger partial charge < -0.3 is 5.32 Å². The van der Waals surface area contributed by atoms with Crippen LogP contribution in [0.3, 0.4) is 0 Å². The van der Waals surface area contributed by atoms with Gasteiger partial charge in [-0.3, -0.25) is 0 Å². The van der Waals surface area contributed by atoms with Gasteiger partial charge in [-0.2, -0.15) is 0 Å². The lowest BCUT2D eigenvalue weighted by atomic mass is 9.95. The Morgan fingerprint density at radius 1 is 1.05 bits per heavy atom. The van der Waals surface area contributed by atoms with E-state index in [4.69, 9.17) is 0 Å². The van der Waals surface area contributed by atoms with E-state index in [9.17, 15) is 8.78 Å². The maximum Gasteiger partial charge on any atom is 0.126 e. The highest BCUT2D eigenvalue weighted by Gasteiger charge is 2.10. The van der Waals surface area contributed by atoms with E-state index in [1.54, 1.807) is 19.1 Å². The number of rotatable bonds is 4. The maximum absolute atomic E-state index is 13.6. The smallest absolute Gasteiger partial charge is 0.126 e. The van der Waals surface area contributed by atoms with Gasteiger partial charge in [-0.15, -0.1) is 0 Å². The highest BCUT2D eigenvalue weighted by Crippen LogP contribution is 2.28. The van der Waals surface area contributed by atoms with E-state index in [0.717, 1.165) is 23.2 Å². The summed E-state index contributed by atoms with van der Waals surface area (Å²) in [4.78, 5) is 0. The highest BCUT2D eigenvalue weighted by molar-refractivity contribution is 5.70. The summed E-state index contributed by atoms with van der Waals surface area (Å²) < 4.78 is 27.0. The van der Waals surface area contributed by atoms with Crippen molar-refractivity contribution in [1.82, 2.24) is 5.32 Å². The molecule has 2 aromatic carbocycles. The third kappa shape index (κ3) is 2.99. The third-order valence-electron chi connectivity index (χ3n) is 3.19. The summed E-state index contributed by atoms with van der Waals surface area (Å²) in [5, 5.41) is 3.18. The first kappa shape index (κ1) is 13.7. The second-order valence-electron chi connectivity index (χ2n) is 4.49. The fraction of sp³-hybridized carbons (Fsp3) is 0.250. The normalized spacial score (nSPS) is 10.7. The summed E-state index contributed by atoms with van der Waals surface area (Å²) in [6, 6.07) is 9.60. The Morgan fingerprint density at radius 2 is 1.84 bits per heavy atom. The van der Waals surface area contributed by atoms with Crippen LogP contribution in [-0.2, 0) is 6.54 Å². The molecule has 1 nitrogen and oxygen atoms in total. The molecule has 0 atom stereocenters. The minimum atomic E-state index is -0.272. The zero-order valence-corrected chi connectivity index (χ0v) is 11.1. The lowest BCUT2D eigenvalue weighted by Gasteiger charge is -2.13. The number of hydrogen-bond acceptors (Lipinski definition) is 1. The predicted molar refractivity (Wildman–Crippen MR) is 73.9 cm³/mol. The molecule has 0 saturated heterocycles. The zero-order chi connectivity index (χ0) is 13.8. The molecular formula is C16H17F2N. The minimum Gasteiger partial charge on any atom is -0.313 e. The van der Waals surface area contributed by atoms with Crippen LogP contribution in [0.1, 0.15) is 18.1 Å². The van der Waals surface area contributed by atoms with Gasteiger partial charge >= 0.3 is 0 Å². The summed E-state index contributed by atoms with van der Waals surface area (Å²) in [5.41, 5.74) is 3.12. The first-order chi connectivity index (χ1) is 9.13. The van der Waals surface area contributed by atoms with Crippen molar-refractivity contribution in [1.29, 1.82) is 0 Å². The van der Waals surface area contributed by atoms with Gasteiger partial charge in [0.05, 0.1) is 0 Å². The van der Waals surface area contributed by atoms with E-state index in [-0.39, 0.29) is 11.6 Å². The van der Waals surface area contributed by atoms with Gasteiger partial charge in [0, 0.05) is 6.54 Å². The highest BCUT2D eigenvalue weighted by atomic mass is 19.1. The first-order valence-corrected chi connectivity index (χ1v) is 6.38. The summed E-state index contributed by atoms with van der Waals surface area (Å²) in [6.07, 6.45) is 0. The van der Waals surface area contributed by atoms with Crippen LogP contribution in [0.5, 0.6) is 0 Å². The summed E-state index contributed by atoms with van der Waals surface area (Å²) in [6.45, 7) is 5.11. The Bertz CT molecular complexity index is 579. The number of benzene rings is 2. The van der Waals surface area contributed by atoms with Crippen molar-refractivity contribution >= 4 is 0 Å². The Balaban J connectivity index is 2.51. The van der Waals surface area contributed by atoms with Gasteiger partial charge in [0.1, 0.15) is 11.6 Å². The fourth-order valence-corrected chi connectivity index (χ4v) is 2.13. The van der Waals surface area contributed by atoms with Crippen molar-refractivity contribution in [2.75, 3.05) is 6.54 Å². The molecule has 0 saturated carbocycles. The molecule has 19 heavy (non-hydrogen) atoms. The maximum atomic E-state index is 13.6. The molecule has 0 spiro atoms. The molecule has 3 heteroatoms. The summed E-state index contributed by atoms with van der Waals surface area (Å²) in [7, 11) is 0. The van der Waals surface area contributed by atoms with Crippen LogP contribution in [0.15, 0.2) is 36.4 Å². The van der Waals surface area contributed by atoms with Crippen LogP contribution < -0.4 is 5.32 Å². The Kier molecular flexibility index (Phi) is 4.27. The molecule has 0 aromatic heterocycles. The monoisotopic (exact) mass is 261 g/mol. The SMILES string of the molecule is CCNCc1cc(F)ccc1-c1cccc(F)c1C.